The van der Waals surface area contributed by atoms with Crippen molar-refractivity contribution in [2.75, 3.05) is 24.5 Å². The van der Waals surface area contributed by atoms with Gasteiger partial charge in [0.1, 0.15) is 5.82 Å². The first-order chi connectivity index (χ1) is 14.1. The van der Waals surface area contributed by atoms with E-state index in [-0.39, 0.29) is 17.6 Å². The molecular formula is C24H27FN2O2. The zero-order chi connectivity index (χ0) is 20.3. The van der Waals surface area contributed by atoms with Gasteiger partial charge in [0.15, 0.2) is 0 Å². The second kappa shape index (κ2) is 8.36. The monoisotopic (exact) mass is 394 g/mol. The normalized spacial score (nSPS) is 22.2. The highest BCUT2D eigenvalue weighted by Gasteiger charge is 2.47. The molecule has 2 saturated heterocycles. The molecule has 2 amide bonds. The molecule has 2 aliphatic heterocycles. The Kier molecular flexibility index (Phi) is 5.65. The number of hydrogen-bond acceptors (Lipinski definition) is 2. The van der Waals surface area contributed by atoms with Crippen molar-refractivity contribution in [2.24, 2.45) is 5.41 Å². The van der Waals surface area contributed by atoms with Gasteiger partial charge in [0, 0.05) is 31.7 Å². The summed E-state index contributed by atoms with van der Waals surface area (Å²) in [6.07, 6.45) is 4.33. The van der Waals surface area contributed by atoms with Crippen LogP contribution in [-0.4, -0.2) is 36.3 Å². The Bertz CT molecular complexity index is 881. The molecule has 0 radical (unpaired) electrons. The summed E-state index contributed by atoms with van der Waals surface area (Å²) in [5, 5.41) is 0. The van der Waals surface area contributed by atoms with Crippen molar-refractivity contribution in [2.45, 2.75) is 38.5 Å². The maximum absolute atomic E-state index is 13.4. The molecule has 2 fully saturated rings. The second-order valence-corrected chi connectivity index (χ2v) is 8.22. The predicted octanol–water partition coefficient (Wildman–Crippen LogP) is 4.19. The molecule has 0 saturated carbocycles. The minimum atomic E-state index is -0.471. The van der Waals surface area contributed by atoms with E-state index in [2.05, 4.69) is 0 Å². The molecule has 2 aromatic rings. The fraction of sp³-hybridized carbons (Fsp3) is 0.417. The smallest absolute Gasteiger partial charge is 0.234 e. The highest BCUT2D eigenvalue weighted by molar-refractivity contribution is 5.99. The van der Waals surface area contributed by atoms with Gasteiger partial charge in [-0.15, -0.1) is 0 Å². The van der Waals surface area contributed by atoms with Gasteiger partial charge in [-0.1, -0.05) is 30.3 Å². The molecule has 2 heterocycles. The number of nitrogens with zero attached hydrogens (tertiary/aromatic N) is 2. The van der Waals surface area contributed by atoms with Gasteiger partial charge < -0.3 is 9.80 Å². The Morgan fingerprint density at radius 2 is 1.76 bits per heavy atom. The van der Waals surface area contributed by atoms with Crippen LogP contribution in [0.4, 0.5) is 10.1 Å². The third kappa shape index (κ3) is 4.19. The van der Waals surface area contributed by atoms with Gasteiger partial charge in [0.25, 0.3) is 0 Å². The zero-order valence-corrected chi connectivity index (χ0v) is 16.6. The fourth-order valence-corrected chi connectivity index (χ4v) is 4.75. The summed E-state index contributed by atoms with van der Waals surface area (Å²) in [5.41, 5.74) is 1.29. The molecule has 1 atom stereocenters. The summed E-state index contributed by atoms with van der Waals surface area (Å²) in [5.74, 6) is -0.0729. The number of aryl methyl sites for hydroxylation is 1. The van der Waals surface area contributed by atoms with E-state index in [0.29, 0.717) is 25.9 Å². The SMILES string of the molecule is O=C(CCc1cccc(F)c1)N1CCCC2(CCCN(c3ccccc3)C2=O)C1. The minimum absolute atomic E-state index is 0.0537. The van der Waals surface area contributed by atoms with Crippen LogP contribution in [-0.2, 0) is 16.0 Å². The van der Waals surface area contributed by atoms with Crippen LogP contribution in [0.3, 0.4) is 0 Å². The Morgan fingerprint density at radius 3 is 2.52 bits per heavy atom. The van der Waals surface area contributed by atoms with Gasteiger partial charge in [0.2, 0.25) is 11.8 Å². The number of hydrogen-bond donors (Lipinski definition) is 0. The number of para-hydroxylation sites is 1. The minimum Gasteiger partial charge on any atom is -0.342 e. The van der Waals surface area contributed by atoms with Gasteiger partial charge >= 0.3 is 0 Å². The number of benzene rings is 2. The van der Waals surface area contributed by atoms with Crippen molar-refractivity contribution < 1.29 is 14.0 Å². The van der Waals surface area contributed by atoms with Crippen molar-refractivity contribution in [3.8, 4) is 0 Å². The maximum atomic E-state index is 13.4. The van der Waals surface area contributed by atoms with Crippen LogP contribution in [0.15, 0.2) is 54.6 Å². The van der Waals surface area contributed by atoms with E-state index in [4.69, 9.17) is 0 Å². The van der Waals surface area contributed by atoms with Crippen LogP contribution in [0.5, 0.6) is 0 Å². The number of amides is 2. The first-order valence-corrected chi connectivity index (χ1v) is 10.5. The van der Waals surface area contributed by atoms with E-state index in [9.17, 15) is 14.0 Å². The van der Waals surface area contributed by atoms with E-state index in [0.717, 1.165) is 43.5 Å². The standard InChI is InChI=1S/C24H27FN2O2/c25-20-8-4-7-19(17-20)11-12-22(28)26-15-5-13-24(18-26)14-6-16-27(23(24)29)21-9-2-1-3-10-21/h1-4,7-10,17H,5-6,11-16,18H2. The molecule has 0 aliphatic carbocycles. The van der Waals surface area contributed by atoms with Gasteiger partial charge in [0.05, 0.1) is 5.41 Å². The first kappa shape index (κ1) is 19.6. The summed E-state index contributed by atoms with van der Waals surface area (Å²) in [6, 6.07) is 16.2. The van der Waals surface area contributed by atoms with Gasteiger partial charge in [-0.05, 0) is 61.9 Å². The fourth-order valence-electron chi connectivity index (χ4n) is 4.75. The summed E-state index contributed by atoms with van der Waals surface area (Å²) < 4.78 is 13.4. The van der Waals surface area contributed by atoms with Crippen molar-refractivity contribution in [1.82, 2.24) is 4.90 Å². The Morgan fingerprint density at radius 1 is 1.00 bits per heavy atom. The number of anilines is 1. The first-order valence-electron chi connectivity index (χ1n) is 10.5. The summed E-state index contributed by atoms with van der Waals surface area (Å²) in [4.78, 5) is 30.0. The topological polar surface area (TPSA) is 40.6 Å². The molecule has 4 nitrogen and oxygen atoms in total. The van der Waals surface area contributed by atoms with Gasteiger partial charge in [-0.25, -0.2) is 4.39 Å². The molecule has 152 valence electrons. The number of piperidine rings is 2. The van der Waals surface area contributed by atoms with Gasteiger partial charge in [-0.3, -0.25) is 9.59 Å². The molecule has 5 heteroatoms. The highest BCUT2D eigenvalue weighted by atomic mass is 19.1. The second-order valence-electron chi connectivity index (χ2n) is 8.22. The van der Waals surface area contributed by atoms with Gasteiger partial charge in [-0.2, -0.15) is 0 Å². The average Bonchev–Trinajstić information content (AvgIpc) is 2.75. The zero-order valence-electron chi connectivity index (χ0n) is 16.6. The molecule has 29 heavy (non-hydrogen) atoms. The number of carbonyl (C=O) groups excluding carboxylic acids is 2. The lowest BCUT2D eigenvalue weighted by molar-refractivity contribution is -0.141. The van der Waals surface area contributed by atoms with Crippen LogP contribution in [0.2, 0.25) is 0 Å². The molecule has 4 rings (SSSR count). The van der Waals surface area contributed by atoms with E-state index in [1.807, 2.05) is 46.2 Å². The van der Waals surface area contributed by atoms with E-state index >= 15 is 0 Å². The Balaban J connectivity index is 1.44. The number of rotatable bonds is 4. The summed E-state index contributed by atoms with van der Waals surface area (Å²) in [7, 11) is 0. The van der Waals surface area contributed by atoms with E-state index in [1.165, 1.54) is 12.1 Å². The van der Waals surface area contributed by atoms with Crippen molar-refractivity contribution in [3.05, 3.63) is 66.0 Å². The quantitative estimate of drug-likeness (QED) is 0.780. The molecule has 1 spiro atoms. The van der Waals surface area contributed by atoms with Crippen LogP contribution in [0.25, 0.3) is 0 Å². The molecule has 2 aliphatic rings. The van der Waals surface area contributed by atoms with Crippen molar-refractivity contribution in [3.63, 3.8) is 0 Å². The highest BCUT2D eigenvalue weighted by Crippen LogP contribution is 2.41. The Labute approximate surface area is 171 Å². The van der Waals surface area contributed by atoms with Crippen molar-refractivity contribution >= 4 is 17.5 Å². The maximum Gasteiger partial charge on any atom is 0.234 e. The molecule has 1 unspecified atom stereocenters. The molecule has 0 bridgehead atoms. The van der Waals surface area contributed by atoms with E-state index in [1.54, 1.807) is 6.07 Å². The van der Waals surface area contributed by atoms with Crippen LogP contribution < -0.4 is 4.90 Å². The van der Waals surface area contributed by atoms with Crippen LogP contribution >= 0.6 is 0 Å². The third-order valence-electron chi connectivity index (χ3n) is 6.25. The van der Waals surface area contributed by atoms with Crippen LogP contribution in [0.1, 0.15) is 37.7 Å². The average molecular weight is 394 g/mol. The predicted molar refractivity (Wildman–Crippen MR) is 111 cm³/mol. The lowest BCUT2D eigenvalue weighted by Gasteiger charge is -2.47. The summed E-state index contributed by atoms with van der Waals surface area (Å²) >= 11 is 0. The number of halogens is 1. The van der Waals surface area contributed by atoms with E-state index < -0.39 is 5.41 Å². The molecular weight excluding hydrogens is 367 g/mol. The number of carbonyl (C=O) groups is 2. The third-order valence-corrected chi connectivity index (χ3v) is 6.25. The van der Waals surface area contributed by atoms with Crippen molar-refractivity contribution in [1.29, 1.82) is 0 Å². The largest absolute Gasteiger partial charge is 0.342 e. The Hall–Kier alpha value is -2.69. The van der Waals surface area contributed by atoms with Crippen LogP contribution in [0, 0.1) is 11.2 Å². The molecule has 0 N–H and O–H groups in total. The lowest BCUT2D eigenvalue weighted by Crippen LogP contribution is -2.57. The molecule has 2 aromatic carbocycles. The summed E-state index contributed by atoms with van der Waals surface area (Å²) in [6.45, 7) is 1.93. The lowest BCUT2D eigenvalue weighted by atomic mass is 9.72. The molecule has 0 aromatic heterocycles. The number of likely N-dealkylation sites (tertiary alicyclic amines) is 1.